The van der Waals surface area contributed by atoms with Gasteiger partial charge in [0, 0.05) is 12.7 Å². The second kappa shape index (κ2) is 6.62. The van der Waals surface area contributed by atoms with Gasteiger partial charge in [0.15, 0.2) is 0 Å². The molecule has 21 heavy (non-hydrogen) atoms. The Labute approximate surface area is 125 Å². The van der Waals surface area contributed by atoms with E-state index in [0.29, 0.717) is 24.7 Å². The molecule has 2 heterocycles. The average Bonchev–Trinajstić information content (AvgIpc) is 2.83. The van der Waals surface area contributed by atoms with E-state index in [1.54, 1.807) is 18.3 Å². The second-order valence-electron chi connectivity index (χ2n) is 4.95. The third kappa shape index (κ3) is 4.86. The summed E-state index contributed by atoms with van der Waals surface area (Å²) in [6, 6.07) is 2.93. The molecule has 1 unspecified atom stereocenters. The smallest absolute Gasteiger partial charge is 0.346 e. The van der Waals surface area contributed by atoms with Gasteiger partial charge in [-0.25, -0.2) is 4.98 Å². The highest BCUT2D eigenvalue weighted by atomic mass is 35.5. The summed E-state index contributed by atoms with van der Waals surface area (Å²) in [5, 5.41) is 2.30. The molecule has 1 aromatic heterocycles. The summed E-state index contributed by atoms with van der Waals surface area (Å²) in [6.45, 7) is -0.159. The Morgan fingerprint density at radius 3 is 2.95 bits per heavy atom. The van der Waals surface area contributed by atoms with Gasteiger partial charge < -0.3 is 5.32 Å². The zero-order valence-electron chi connectivity index (χ0n) is 11.2. The van der Waals surface area contributed by atoms with E-state index in [9.17, 15) is 18.0 Å². The summed E-state index contributed by atoms with van der Waals surface area (Å²) < 4.78 is 36.4. The third-order valence-electron chi connectivity index (χ3n) is 3.31. The lowest BCUT2D eigenvalue weighted by Gasteiger charge is -2.24. The van der Waals surface area contributed by atoms with Gasteiger partial charge in [0.05, 0.1) is 6.04 Å². The van der Waals surface area contributed by atoms with Gasteiger partial charge in [0.2, 0.25) is 5.91 Å². The minimum absolute atomic E-state index is 0.352. The fraction of sp³-hybridized carbons (Fsp3) is 0.538. The van der Waals surface area contributed by atoms with Crippen molar-refractivity contribution in [2.24, 2.45) is 0 Å². The average molecular weight is 322 g/mol. The number of nitrogens with one attached hydrogen (secondary N) is 1. The number of amides is 1. The van der Waals surface area contributed by atoms with Crippen molar-refractivity contribution >= 4 is 17.5 Å². The number of pyridine rings is 1. The van der Waals surface area contributed by atoms with Gasteiger partial charge in [-0.15, -0.1) is 0 Å². The molecule has 1 aromatic rings. The van der Waals surface area contributed by atoms with Crippen molar-refractivity contribution in [2.75, 3.05) is 13.1 Å². The van der Waals surface area contributed by atoms with Crippen LogP contribution in [0.25, 0.3) is 0 Å². The third-order valence-corrected chi connectivity index (χ3v) is 3.51. The van der Waals surface area contributed by atoms with E-state index in [1.165, 1.54) is 0 Å². The second-order valence-corrected chi connectivity index (χ2v) is 5.34. The number of rotatable bonds is 4. The van der Waals surface area contributed by atoms with Gasteiger partial charge >= 0.3 is 6.18 Å². The van der Waals surface area contributed by atoms with Gasteiger partial charge in [-0.1, -0.05) is 11.6 Å². The van der Waals surface area contributed by atoms with E-state index < -0.39 is 24.7 Å². The van der Waals surface area contributed by atoms with Crippen molar-refractivity contribution in [2.45, 2.75) is 31.6 Å². The lowest BCUT2D eigenvalue weighted by Crippen LogP contribution is -2.45. The van der Waals surface area contributed by atoms with E-state index in [4.69, 9.17) is 11.6 Å². The maximum absolute atomic E-state index is 12.1. The molecule has 1 amide bonds. The topological polar surface area (TPSA) is 45.2 Å². The molecule has 0 saturated carbocycles. The molecule has 0 bridgehead atoms. The van der Waals surface area contributed by atoms with Gasteiger partial charge in [0.1, 0.15) is 11.7 Å². The monoisotopic (exact) mass is 321 g/mol. The summed E-state index contributed by atoms with van der Waals surface area (Å²) in [7, 11) is 0. The predicted octanol–water partition coefficient (Wildman–Crippen LogP) is 2.38. The highest BCUT2D eigenvalue weighted by Gasteiger charge is 2.34. The molecule has 1 fully saturated rings. The van der Waals surface area contributed by atoms with E-state index in [1.807, 2.05) is 10.2 Å². The van der Waals surface area contributed by atoms with Gasteiger partial charge in [-0.3, -0.25) is 9.69 Å². The van der Waals surface area contributed by atoms with Gasteiger partial charge in [0.25, 0.3) is 0 Å². The van der Waals surface area contributed by atoms with Gasteiger partial charge in [-0.2, -0.15) is 13.2 Å². The zero-order chi connectivity index (χ0) is 15.5. The van der Waals surface area contributed by atoms with Crippen LogP contribution in [-0.2, 0) is 11.3 Å². The number of aromatic nitrogens is 1. The molecular weight excluding hydrogens is 307 g/mol. The summed E-state index contributed by atoms with van der Waals surface area (Å²) >= 11 is 5.80. The quantitative estimate of drug-likeness (QED) is 0.866. The first-order chi connectivity index (χ1) is 9.85. The van der Waals surface area contributed by atoms with E-state index in [-0.39, 0.29) is 0 Å². The van der Waals surface area contributed by atoms with Crippen LogP contribution in [0.2, 0.25) is 5.15 Å². The van der Waals surface area contributed by atoms with Crippen LogP contribution >= 0.6 is 11.6 Å². The molecule has 1 aliphatic rings. The molecule has 1 aliphatic heterocycles. The number of alkyl halides is 3. The Balaban J connectivity index is 1.95. The van der Waals surface area contributed by atoms with E-state index in [2.05, 4.69) is 4.98 Å². The number of likely N-dealkylation sites (tertiary alicyclic amines) is 1. The van der Waals surface area contributed by atoms with Gasteiger partial charge in [-0.05, 0) is 37.1 Å². The standard InChI is InChI=1S/C13H15ClF3N3O/c14-11-6-9(3-4-18-11)7-20-5-1-2-10(20)12(21)19-8-13(15,16)17/h3-4,6,10H,1-2,5,7-8H2,(H,19,21). The lowest BCUT2D eigenvalue weighted by molar-refractivity contribution is -0.141. The summed E-state index contributed by atoms with van der Waals surface area (Å²) in [5.74, 6) is -0.579. The molecule has 8 heteroatoms. The molecule has 0 aliphatic carbocycles. The van der Waals surface area contributed by atoms with Crippen LogP contribution in [0.5, 0.6) is 0 Å². The predicted molar refractivity (Wildman–Crippen MR) is 71.7 cm³/mol. The fourth-order valence-corrected chi connectivity index (χ4v) is 2.59. The minimum Gasteiger partial charge on any atom is -0.346 e. The molecular formula is C13H15ClF3N3O. The SMILES string of the molecule is O=C(NCC(F)(F)F)C1CCCN1Cc1ccnc(Cl)c1. The number of hydrogen-bond donors (Lipinski definition) is 1. The number of hydrogen-bond acceptors (Lipinski definition) is 3. The molecule has 1 saturated heterocycles. The van der Waals surface area contributed by atoms with Crippen molar-refractivity contribution in [1.29, 1.82) is 0 Å². The van der Waals surface area contributed by atoms with Crippen LogP contribution in [0.15, 0.2) is 18.3 Å². The first kappa shape index (κ1) is 16.0. The molecule has 0 aromatic carbocycles. The molecule has 1 atom stereocenters. The number of halogens is 4. The van der Waals surface area contributed by atoms with E-state index >= 15 is 0 Å². The van der Waals surface area contributed by atoms with Crippen molar-refractivity contribution < 1.29 is 18.0 Å². The Morgan fingerprint density at radius 1 is 1.52 bits per heavy atom. The van der Waals surface area contributed by atoms with Crippen molar-refractivity contribution in [3.05, 3.63) is 29.0 Å². The molecule has 1 N–H and O–H groups in total. The maximum Gasteiger partial charge on any atom is 0.405 e. The molecule has 116 valence electrons. The highest BCUT2D eigenvalue weighted by molar-refractivity contribution is 6.29. The molecule has 4 nitrogen and oxygen atoms in total. The highest BCUT2D eigenvalue weighted by Crippen LogP contribution is 2.21. The van der Waals surface area contributed by atoms with Crippen molar-refractivity contribution in [1.82, 2.24) is 15.2 Å². The normalized spacial score (nSPS) is 19.7. The molecule has 2 rings (SSSR count). The number of carbonyl (C=O) groups is 1. The number of nitrogens with zero attached hydrogens (tertiary/aromatic N) is 2. The van der Waals surface area contributed by atoms with E-state index in [0.717, 1.165) is 12.0 Å². The zero-order valence-corrected chi connectivity index (χ0v) is 11.9. The van der Waals surface area contributed by atoms with Crippen LogP contribution in [0.1, 0.15) is 18.4 Å². The summed E-state index contributed by atoms with van der Waals surface area (Å²) in [4.78, 5) is 17.6. The molecule has 0 spiro atoms. The Morgan fingerprint density at radius 2 is 2.29 bits per heavy atom. The number of carbonyl (C=O) groups excluding carboxylic acids is 1. The Bertz CT molecular complexity index is 510. The first-order valence-corrected chi connectivity index (χ1v) is 6.92. The lowest BCUT2D eigenvalue weighted by atomic mass is 10.2. The van der Waals surface area contributed by atoms with Crippen LogP contribution in [0.4, 0.5) is 13.2 Å². The summed E-state index contributed by atoms with van der Waals surface area (Å²) in [5.41, 5.74) is 0.880. The first-order valence-electron chi connectivity index (χ1n) is 6.54. The van der Waals surface area contributed by atoms with Crippen molar-refractivity contribution in [3.8, 4) is 0 Å². The largest absolute Gasteiger partial charge is 0.405 e. The Kier molecular flexibility index (Phi) is 5.05. The van der Waals surface area contributed by atoms with Crippen LogP contribution in [0.3, 0.4) is 0 Å². The van der Waals surface area contributed by atoms with Crippen molar-refractivity contribution in [3.63, 3.8) is 0 Å². The van der Waals surface area contributed by atoms with Crippen LogP contribution < -0.4 is 5.32 Å². The molecule has 0 radical (unpaired) electrons. The fourth-order valence-electron chi connectivity index (χ4n) is 2.39. The maximum atomic E-state index is 12.1. The Hall–Kier alpha value is -1.34. The minimum atomic E-state index is -4.39. The summed E-state index contributed by atoms with van der Waals surface area (Å²) in [6.07, 6.45) is -1.49. The van der Waals surface area contributed by atoms with Crippen LogP contribution in [0, 0.1) is 0 Å². The van der Waals surface area contributed by atoms with Crippen LogP contribution in [-0.4, -0.2) is 41.1 Å².